The number of para-hydroxylation sites is 1. The lowest BCUT2D eigenvalue weighted by Gasteiger charge is -2.06. The molecule has 0 unspecified atom stereocenters. The highest BCUT2D eigenvalue weighted by Crippen LogP contribution is 2.17. The number of nitrogens with two attached hydrogens (primary N) is 1. The van der Waals surface area contributed by atoms with Gasteiger partial charge in [-0.25, -0.2) is 0 Å². The van der Waals surface area contributed by atoms with E-state index in [0.717, 1.165) is 31.4 Å². The summed E-state index contributed by atoms with van der Waals surface area (Å²) in [5, 5.41) is 13.3. The fourth-order valence-electron chi connectivity index (χ4n) is 2.24. The fraction of sp³-hybridized carbons (Fsp3) is 0.400. The first-order chi connectivity index (χ1) is 9.68. The topological polar surface area (TPSA) is 91.1 Å². The zero-order chi connectivity index (χ0) is 14.4. The summed E-state index contributed by atoms with van der Waals surface area (Å²) in [6, 6.07) is 7.49. The summed E-state index contributed by atoms with van der Waals surface area (Å²) in [6.45, 7) is 1.68. The Kier molecular flexibility index (Phi) is 5.15. The van der Waals surface area contributed by atoms with E-state index in [9.17, 15) is 4.79 Å². The molecule has 2 rings (SSSR count). The second-order valence-corrected chi connectivity index (χ2v) is 4.98. The maximum Gasteiger partial charge on any atom is 0.320 e. The van der Waals surface area contributed by atoms with Crippen LogP contribution in [0.1, 0.15) is 24.8 Å². The number of aromatic amines is 1. The number of carbonyl (C=O) groups is 1. The van der Waals surface area contributed by atoms with Crippen molar-refractivity contribution in [2.75, 3.05) is 6.54 Å². The van der Waals surface area contributed by atoms with E-state index >= 15 is 0 Å². The molecule has 5 N–H and O–H groups in total. The van der Waals surface area contributed by atoms with Crippen LogP contribution in [0.5, 0.6) is 0 Å². The Morgan fingerprint density at radius 1 is 1.35 bits per heavy atom. The summed E-state index contributed by atoms with van der Waals surface area (Å²) in [7, 11) is 0. The Morgan fingerprint density at radius 3 is 2.95 bits per heavy atom. The number of hydrogen-bond donors (Lipinski definition) is 4. The molecule has 5 heteroatoms. The standard InChI is InChI=1S/C15H21N3O2/c16-13(15(19)20)6-3-4-8-17-9-11-10-18-14-7-2-1-5-12(11)14/h1-2,5,7,10,13,17-18H,3-4,6,8-9,16H2,(H,19,20)/t13-/m0/s1. The van der Waals surface area contributed by atoms with Crippen LogP contribution in [0, 0.1) is 0 Å². The van der Waals surface area contributed by atoms with E-state index in [1.165, 1.54) is 10.9 Å². The second kappa shape index (κ2) is 7.07. The van der Waals surface area contributed by atoms with Gasteiger partial charge in [0.1, 0.15) is 6.04 Å². The lowest BCUT2D eigenvalue weighted by atomic mass is 10.1. The van der Waals surface area contributed by atoms with Crippen molar-refractivity contribution in [1.29, 1.82) is 0 Å². The van der Waals surface area contributed by atoms with Gasteiger partial charge < -0.3 is 21.1 Å². The van der Waals surface area contributed by atoms with Crippen molar-refractivity contribution in [3.63, 3.8) is 0 Å². The number of carboxylic acid groups (broad SMARTS) is 1. The summed E-state index contributed by atoms with van der Waals surface area (Å²) in [4.78, 5) is 13.8. The fourth-order valence-corrected chi connectivity index (χ4v) is 2.24. The van der Waals surface area contributed by atoms with Crippen LogP contribution in [0.3, 0.4) is 0 Å². The number of nitrogens with one attached hydrogen (secondary N) is 2. The molecular formula is C15H21N3O2. The molecule has 0 fully saturated rings. The number of H-pyrrole nitrogens is 1. The molecule has 0 amide bonds. The third kappa shape index (κ3) is 3.82. The van der Waals surface area contributed by atoms with Gasteiger partial charge in [-0.2, -0.15) is 0 Å². The third-order valence-electron chi connectivity index (χ3n) is 3.43. The van der Waals surface area contributed by atoms with Crippen LogP contribution in [-0.4, -0.2) is 28.6 Å². The lowest BCUT2D eigenvalue weighted by Crippen LogP contribution is -2.30. The maximum absolute atomic E-state index is 10.6. The predicted molar refractivity (Wildman–Crippen MR) is 79.5 cm³/mol. The minimum atomic E-state index is -0.920. The molecule has 1 heterocycles. The second-order valence-electron chi connectivity index (χ2n) is 4.98. The first-order valence-electron chi connectivity index (χ1n) is 6.92. The van der Waals surface area contributed by atoms with Crippen molar-refractivity contribution < 1.29 is 9.90 Å². The molecule has 2 aromatic rings. The Balaban J connectivity index is 1.68. The maximum atomic E-state index is 10.6. The van der Waals surface area contributed by atoms with Crippen molar-refractivity contribution in [3.8, 4) is 0 Å². The van der Waals surface area contributed by atoms with E-state index < -0.39 is 12.0 Å². The van der Waals surface area contributed by atoms with Gasteiger partial charge in [0.2, 0.25) is 0 Å². The Hall–Kier alpha value is -1.85. The summed E-state index contributed by atoms with van der Waals surface area (Å²) >= 11 is 0. The van der Waals surface area contributed by atoms with Crippen molar-refractivity contribution in [2.45, 2.75) is 31.8 Å². The summed E-state index contributed by atoms with van der Waals surface area (Å²) in [5.41, 5.74) is 7.85. The van der Waals surface area contributed by atoms with Crippen LogP contribution in [0.15, 0.2) is 30.5 Å². The Labute approximate surface area is 118 Å². The van der Waals surface area contributed by atoms with Gasteiger partial charge >= 0.3 is 5.97 Å². The van der Waals surface area contributed by atoms with E-state index in [2.05, 4.69) is 22.4 Å². The molecule has 1 aromatic heterocycles. The van der Waals surface area contributed by atoms with Crippen LogP contribution >= 0.6 is 0 Å². The molecule has 0 aliphatic heterocycles. The van der Waals surface area contributed by atoms with Crippen molar-refractivity contribution >= 4 is 16.9 Å². The average Bonchev–Trinajstić information content (AvgIpc) is 2.85. The quantitative estimate of drug-likeness (QED) is 0.553. The molecular weight excluding hydrogens is 254 g/mol. The molecule has 20 heavy (non-hydrogen) atoms. The number of rotatable bonds is 8. The smallest absolute Gasteiger partial charge is 0.320 e. The van der Waals surface area contributed by atoms with Gasteiger partial charge in [-0.1, -0.05) is 24.6 Å². The number of unbranched alkanes of at least 4 members (excludes halogenated alkanes) is 1. The largest absolute Gasteiger partial charge is 0.480 e. The zero-order valence-electron chi connectivity index (χ0n) is 11.4. The Morgan fingerprint density at radius 2 is 2.15 bits per heavy atom. The minimum absolute atomic E-state index is 0.532. The van der Waals surface area contributed by atoms with Crippen LogP contribution in [-0.2, 0) is 11.3 Å². The lowest BCUT2D eigenvalue weighted by molar-refractivity contribution is -0.138. The first-order valence-corrected chi connectivity index (χ1v) is 6.92. The van der Waals surface area contributed by atoms with Gasteiger partial charge in [0, 0.05) is 23.6 Å². The predicted octanol–water partition coefficient (Wildman–Crippen LogP) is 1.84. The van der Waals surface area contributed by atoms with Gasteiger partial charge in [-0.15, -0.1) is 0 Å². The monoisotopic (exact) mass is 275 g/mol. The van der Waals surface area contributed by atoms with Gasteiger partial charge in [0.25, 0.3) is 0 Å². The number of fused-ring (bicyclic) bond motifs is 1. The Bertz CT molecular complexity index is 565. The molecule has 0 aliphatic carbocycles. The number of aromatic nitrogens is 1. The normalized spacial score (nSPS) is 12.7. The van der Waals surface area contributed by atoms with Gasteiger partial charge in [-0.3, -0.25) is 4.79 Å². The van der Waals surface area contributed by atoms with E-state index in [0.29, 0.717) is 6.42 Å². The summed E-state index contributed by atoms with van der Waals surface area (Å²) < 4.78 is 0. The van der Waals surface area contributed by atoms with Crippen molar-refractivity contribution in [3.05, 3.63) is 36.0 Å². The highest BCUT2D eigenvalue weighted by Gasteiger charge is 2.09. The van der Waals surface area contributed by atoms with Crippen molar-refractivity contribution in [2.24, 2.45) is 5.73 Å². The van der Waals surface area contributed by atoms with Crippen molar-refractivity contribution in [1.82, 2.24) is 10.3 Å². The molecule has 1 aromatic carbocycles. The highest BCUT2D eigenvalue weighted by molar-refractivity contribution is 5.82. The molecule has 0 radical (unpaired) electrons. The molecule has 0 spiro atoms. The minimum Gasteiger partial charge on any atom is -0.480 e. The number of carboxylic acids is 1. The van der Waals surface area contributed by atoms with Gasteiger partial charge in [0.05, 0.1) is 0 Å². The van der Waals surface area contributed by atoms with Crippen LogP contribution in [0.25, 0.3) is 10.9 Å². The van der Waals surface area contributed by atoms with Gasteiger partial charge in [0.15, 0.2) is 0 Å². The van der Waals surface area contributed by atoms with E-state index in [-0.39, 0.29) is 0 Å². The number of aliphatic carboxylic acids is 1. The average molecular weight is 275 g/mol. The molecule has 108 valence electrons. The highest BCUT2D eigenvalue weighted by atomic mass is 16.4. The first kappa shape index (κ1) is 14.6. The zero-order valence-corrected chi connectivity index (χ0v) is 11.4. The molecule has 0 aliphatic rings. The number of benzene rings is 1. The summed E-state index contributed by atoms with van der Waals surface area (Å²) in [6.07, 6.45) is 4.32. The number of hydrogen-bond acceptors (Lipinski definition) is 3. The molecule has 0 saturated heterocycles. The summed E-state index contributed by atoms with van der Waals surface area (Å²) in [5.74, 6) is -0.920. The van der Waals surface area contributed by atoms with Crippen LogP contribution in [0.4, 0.5) is 0 Å². The van der Waals surface area contributed by atoms with E-state index in [1.54, 1.807) is 0 Å². The SMILES string of the molecule is N[C@@H](CCCCNCc1c[nH]c2ccccc12)C(=O)O. The van der Waals surface area contributed by atoms with Crippen LogP contribution < -0.4 is 11.1 Å². The molecule has 0 bridgehead atoms. The molecule has 1 atom stereocenters. The third-order valence-corrected chi connectivity index (χ3v) is 3.43. The van der Waals surface area contributed by atoms with E-state index in [4.69, 9.17) is 10.8 Å². The van der Waals surface area contributed by atoms with Gasteiger partial charge in [-0.05, 0) is 31.0 Å². The van der Waals surface area contributed by atoms with E-state index in [1.807, 2.05) is 18.3 Å². The molecule has 5 nitrogen and oxygen atoms in total. The van der Waals surface area contributed by atoms with Crippen LogP contribution in [0.2, 0.25) is 0 Å². The molecule has 0 saturated carbocycles.